The second-order valence-corrected chi connectivity index (χ2v) is 6.07. The lowest BCUT2D eigenvalue weighted by molar-refractivity contribution is -0.140. The van der Waals surface area contributed by atoms with Gasteiger partial charge in [0.1, 0.15) is 0 Å². The fourth-order valence-corrected chi connectivity index (χ4v) is 3.06. The van der Waals surface area contributed by atoms with Crippen LogP contribution in [0.5, 0.6) is 0 Å². The molecule has 0 saturated carbocycles. The van der Waals surface area contributed by atoms with Crippen molar-refractivity contribution in [1.82, 2.24) is 15.5 Å². The van der Waals surface area contributed by atoms with Gasteiger partial charge < -0.3 is 26.0 Å². The molecule has 0 amide bonds. The quantitative estimate of drug-likeness (QED) is 0.371. The van der Waals surface area contributed by atoms with Crippen molar-refractivity contribution in [2.75, 3.05) is 39.3 Å². The molecule has 0 aromatic heterocycles. The van der Waals surface area contributed by atoms with E-state index in [4.69, 9.17) is 15.3 Å². The number of carbonyl (C=O) groups is 3. The largest absolute Gasteiger partial charge is 0.481 e. The Morgan fingerprint density at radius 2 is 1.38 bits per heavy atom. The van der Waals surface area contributed by atoms with E-state index in [0.717, 1.165) is 6.54 Å². The minimum absolute atomic E-state index is 0.0676. The number of nitrogens with zero attached hydrogens (tertiary/aromatic N) is 1. The summed E-state index contributed by atoms with van der Waals surface area (Å²) in [5.41, 5.74) is -0.682. The fourth-order valence-electron chi connectivity index (χ4n) is 3.06. The summed E-state index contributed by atoms with van der Waals surface area (Å²) in [5.74, 6) is -2.82. The minimum atomic E-state index is -0.944. The first-order chi connectivity index (χ1) is 11.4. The third-order valence-electron chi connectivity index (χ3n) is 4.37. The number of carboxylic acids is 3. The van der Waals surface area contributed by atoms with Gasteiger partial charge >= 0.3 is 17.9 Å². The summed E-state index contributed by atoms with van der Waals surface area (Å²) in [4.78, 5) is 35.0. The van der Waals surface area contributed by atoms with Gasteiger partial charge in [-0.3, -0.25) is 19.3 Å². The van der Waals surface area contributed by atoms with Crippen LogP contribution in [0.15, 0.2) is 0 Å². The van der Waals surface area contributed by atoms with Gasteiger partial charge in [0, 0.05) is 57.6 Å². The van der Waals surface area contributed by atoms with Crippen molar-refractivity contribution in [2.45, 2.75) is 37.6 Å². The van der Waals surface area contributed by atoms with Gasteiger partial charge in [-0.1, -0.05) is 0 Å². The maximum Gasteiger partial charge on any atom is 0.304 e. The predicted octanol–water partition coefficient (Wildman–Crippen LogP) is -0.576. The first kappa shape index (κ1) is 20.3. The number of rotatable bonds is 9. The van der Waals surface area contributed by atoms with E-state index >= 15 is 0 Å². The molecule has 0 bridgehead atoms. The summed E-state index contributed by atoms with van der Waals surface area (Å²) in [6.07, 6.45) is 0.322. The van der Waals surface area contributed by atoms with Gasteiger partial charge in [0.25, 0.3) is 0 Å². The van der Waals surface area contributed by atoms with Crippen LogP contribution in [0, 0.1) is 0 Å². The van der Waals surface area contributed by atoms with Gasteiger partial charge in [-0.05, 0) is 12.8 Å². The summed E-state index contributed by atoms with van der Waals surface area (Å²) in [7, 11) is 0. The molecular weight excluding hydrogens is 318 g/mol. The lowest BCUT2D eigenvalue weighted by Crippen LogP contribution is -2.56. The molecule has 1 fully saturated rings. The molecule has 0 aliphatic carbocycles. The molecule has 0 radical (unpaired) electrons. The van der Waals surface area contributed by atoms with Gasteiger partial charge in [-0.15, -0.1) is 0 Å². The van der Waals surface area contributed by atoms with Crippen LogP contribution in [-0.2, 0) is 14.4 Å². The molecule has 1 rings (SSSR count). The second kappa shape index (κ2) is 10.2. The number of carboxylic acid groups (broad SMARTS) is 3. The Morgan fingerprint density at radius 3 is 1.92 bits per heavy atom. The van der Waals surface area contributed by atoms with Crippen LogP contribution in [-0.4, -0.2) is 82.9 Å². The fraction of sp³-hybridized carbons (Fsp3) is 0.800. The molecule has 1 saturated heterocycles. The van der Waals surface area contributed by atoms with E-state index in [1.165, 1.54) is 0 Å². The Hall–Kier alpha value is -1.71. The van der Waals surface area contributed by atoms with Crippen molar-refractivity contribution in [2.24, 2.45) is 0 Å². The van der Waals surface area contributed by atoms with E-state index in [2.05, 4.69) is 10.6 Å². The molecule has 0 aromatic rings. The number of hydrogen-bond acceptors (Lipinski definition) is 6. The van der Waals surface area contributed by atoms with Crippen LogP contribution < -0.4 is 10.6 Å². The molecule has 1 heterocycles. The molecule has 138 valence electrons. The van der Waals surface area contributed by atoms with Gasteiger partial charge in [0.15, 0.2) is 0 Å². The average Bonchev–Trinajstić information content (AvgIpc) is 2.60. The molecule has 0 spiro atoms. The molecule has 0 aromatic carbocycles. The van der Waals surface area contributed by atoms with Crippen molar-refractivity contribution < 1.29 is 29.7 Å². The van der Waals surface area contributed by atoms with Crippen molar-refractivity contribution in [3.63, 3.8) is 0 Å². The molecule has 1 aliphatic heterocycles. The zero-order chi connectivity index (χ0) is 18.0. The van der Waals surface area contributed by atoms with Crippen molar-refractivity contribution >= 4 is 17.9 Å². The van der Waals surface area contributed by atoms with E-state index in [1.54, 1.807) is 0 Å². The summed E-state index contributed by atoms with van der Waals surface area (Å²) >= 11 is 0. The Labute approximate surface area is 141 Å². The Kier molecular flexibility index (Phi) is 8.66. The van der Waals surface area contributed by atoms with Crippen LogP contribution >= 0.6 is 0 Å². The van der Waals surface area contributed by atoms with Gasteiger partial charge in [-0.25, -0.2) is 0 Å². The van der Waals surface area contributed by atoms with Crippen LogP contribution in [0.25, 0.3) is 0 Å². The van der Waals surface area contributed by atoms with Crippen LogP contribution in [0.1, 0.15) is 32.1 Å². The standard InChI is InChI=1S/C15H27N3O6/c19-12(20)1-4-15(5-2-13(21)22)11-17-7-6-16-8-10-18(15)9-3-14(23)24/h16-17H,1-11H2,(H,19,20)(H,21,22)(H,23,24). The van der Waals surface area contributed by atoms with E-state index in [1.807, 2.05) is 4.90 Å². The van der Waals surface area contributed by atoms with Crippen molar-refractivity contribution in [1.29, 1.82) is 0 Å². The van der Waals surface area contributed by atoms with Gasteiger partial charge in [-0.2, -0.15) is 0 Å². The number of hydrogen-bond donors (Lipinski definition) is 5. The summed E-state index contributed by atoms with van der Waals surface area (Å²) in [5, 5.41) is 33.6. The Bertz CT molecular complexity index is 425. The summed E-state index contributed by atoms with van der Waals surface area (Å²) < 4.78 is 0. The summed E-state index contributed by atoms with van der Waals surface area (Å²) in [6, 6.07) is 0. The molecule has 0 atom stereocenters. The third-order valence-corrected chi connectivity index (χ3v) is 4.37. The predicted molar refractivity (Wildman–Crippen MR) is 86.0 cm³/mol. The zero-order valence-electron chi connectivity index (χ0n) is 13.8. The topological polar surface area (TPSA) is 139 Å². The molecule has 9 nitrogen and oxygen atoms in total. The lowest BCUT2D eigenvalue weighted by Gasteiger charge is -2.44. The van der Waals surface area contributed by atoms with Crippen molar-refractivity contribution in [3.8, 4) is 0 Å². The SMILES string of the molecule is O=C(O)CCN1CCNCCNCC1(CCC(=O)O)CCC(=O)O. The van der Waals surface area contributed by atoms with Crippen LogP contribution in [0.4, 0.5) is 0 Å². The van der Waals surface area contributed by atoms with E-state index in [0.29, 0.717) is 26.2 Å². The minimum Gasteiger partial charge on any atom is -0.481 e. The van der Waals surface area contributed by atoms with Crippen LogP contribution in [0.2, 0.25) is 0 Å². The maximum atomic E-state index is 11.1. The van der Waals surface area contributed by atoms with Crippen LogP contribution in [0.3, 0.4) is 0 Å². The first-order valence-corrected chi connectivity index (χ1v) is 8.17. The smallest absolute Gasteiger partial charge is 0.304 e. The summed E-state index contributed by atoms with van der Waals surface area (Å²) in [6.45, 7) is 3.33. The number of nitrogens with one attached hydrogen (secondary N) is 2. The monoisotopic (exact) mass is 345 g/mol. The number of aliphatic carboxylic acids is 3. The van der Waals surface area contributed by atoms with Crippen molar-refractivity contribution in [3.05, 3.63) is 0 Å². The molecular formula is C15H27N3O6. The Balaban J connectivity index is 3.02. The van der Waals surface area contributed by atoms with E-state index in [-0.39, 0.29) is 38.6 Å². The lowest BCUT2D eigenvalue weighted by atomic mass is 9.85. The first-order valence-electron chi connectivity index (χ1n) is 8.17. The van der Waals surface area contributed by atoms with Gasteiger partial charge in [0.05, 0.1) is 6.42 Å². The van der Waals surface area contributed by atoms with E-state index in [9.17, 15) is 14.4 Å². The second-order valence-electron chi connectivity index (χ2n) is 6.07. The Morgan fingerprint density at radius 1 is 0.833 bits per heavy atom. The maximum absolute atomic E-state index is 11.1. The molecule has 24 heavy (non-hydrogen) atoms. The van der Waals surface area contributed by atoms with E-state index < -0.39 is 23.4 Å². The van der Waals surface area contributed by atoms with Gasteiger partial charge in [0.2, 0.25) is 0 Å². The average molecular weight is 345 g/mol. The third kappa shape index (κ3) is 7.24. The molecule has 9 heteroatoms. The zero-order valence-corrected chi connectivity index (χ0v) is 13.8. The highest BCUT2D eigenvalue weighted by Crippen LogP contribution is 2.28. The highest BCUT2D eigenvalue weighted by Gasteiger charge is 2.37. The highest BCUT2D eigenvalue weighted by atomic mass is 16.4. The molecule has 0 unspecified atom stereocenters. The normalized spacial score (nSPS) is 19.0. The molecule has 5 N–H and O–H groups in total. The molecule has 1 aliphatic rings. The highest BCUT2D eigenvalue weighted by molar-refractivity contribution is 5.68.